The lowest BCUT2D eigenvalue weighted by atomic mass is 10.2. The van der Waals surface area contributed by atoms with Crippen LogP contribution in [0.4, 0.5) is 11.4 Å². The minimum absolute atomic E-state index is 0.00776. The van der Waals surface area contributed by atoms with E-state index in [0.29, 0.717) is 22.1 Å². The van der Waals surface area contributed by atoms with Crippen LogP contribution in [0, 0.1) is 11.3 Å². The summed E-state index contributed by atoms with van der Waals surface area (Å²) in [5, 5.41) is 24.4. The Bertz CT molecular complexity index is 828. The molecule has 0 saturated carbocycles. The Morgan fingerprint density at radius 3 is 2.71 bits per heavy atom. The Hall–Kier alpha value is -3.17. The highest BCUT2D eigenvalue weighted by Crippen LogP contribution is 2.27. The lowest BCUT2D eigenvalue weighted by Crippen LogP contribution is -2.14. The maximum absolute atomic E-state index is 12.1. The van der Waals surface area contributed by atoms with E-state index in [1.54, 1.807) is 36.4 Å². The smallest absolute Gasteiger partial charge is 0.267 e. The van der Waals surface area contributed by atoms with Crippen LogP contribution in [0.2, 0.25) is 5.02 Å². The molecule has 0 radical (unpaired) electrons. The highest BCUT2D eigenvalue weighted by molar-refractivity contribution is 6.32. The van der Waals surface area contributed by atoms with Gasteiger partial charge in [0.1, 0.15) is 23.1 Å². The molecule has 0 unspecified atom stereocenters. The number of methoxy groups -OCH3 is 1. The van der Waals surface area contributed by atoms with E-state index < -0.39 is 5.91 Å². The molecule has 0 aromatic heterocycles. The van der Waals surface area contributed by atoms with Gasteiger partial charge >= 0.3 is 0 Å². The van der Waals surface area contributed by atoms with Gasteiger partial charge in [0.15, 0.2) is 0 Å². The molecule has 2 aromatic carbocycles. The molecule has 24 heavy (non-hydrogen) atoms. The van der Waals surface area contributed by atoms with Gasteiger partial charge in [-0.2, -0.15) is 5.26 Å². The van der Waals surface area contributed by atoms with Gasteiger partial charge in [0.05, 0.1) is 17.8 Å². The number of hydrogen-bond donors (Lipinski definition) is 3. The Morgan fingerprint density at radius 1 is 1.33 bits per heavy atom. The van der Waals surface area contributed by atoms with Gasteiger partial charge in [-0.25, -0.2) is 0 Å². The molecule has 0 heterocycles. The van der Waals surface area contributed by atoms with Crippen molar-refractivity contribution in [2.45, 2.75) is 0 Å². The van der Waals surface area contributed by atoms with Gasteiger partial charge < -0.3 is 20.5 Å². The van der Waals surface area contributed by atoms with Crippen molar-refractivity contribution < 1.29 is 14.6 Å². The van der Waals surface area contributed by atoms with E-state index in [4.69, 9.17) is 21.6 Å². The molecule has 0 aliphatic carbocycles. The van der Waals surface area contributed by atoms with Crippen LogP contribution in [-0.4, -0.2) is 18.1 Å². The van der Waals surface area contributed by atoms with Gasteiger partial charge in [0.25, 0.3) is 5.91 Å². The minimum atomic E-state index is -0.610. The number of hydrogen-bond acceptors (Lipinski definition) is 5. The molecular formula is C17H14ClN3O3. The topological polar surface area (TPSA) is 94.4 Å². The van der Waals surface area contributed by atoms with Crippen LogP contribution in [0.25, 0.3) is 0 Å². The van der Waals surface area contributed by atoms with Crippen molar-refractivity contribution in [3.8, 4) is 17.6 Å². The van der Waals surface area contributed by atoms with Crippen molar-refractivity contribution in [2.75, 3.05) is 17.7 Å². The molecule has 2 rings (SSSR count). The number of rotatable bonds is 5. The second-order valence-corrected chi connectivity index (χ2v) is 5.04. The van der Waals surface area contributed by atoms with E-state index in [0.717, 1.165) is 0 Å². The number of ether oxygens (including phenoxy) is 1. The summed E-state index contributed by atoms with van der Waals surface area (Å²) in [6, 6.07) is 13.0. The Morgan fingerprint density at radius 2 is 2.08 bits per heavy atom. The summed E-state index contributed by atoms with van der Waals surface area (Å²) in [4.78, 5) is 12.1. The summed E-state index contributed by atoms with van der Waals surface area (Å²) < 4.78 is 5.03. The first kappa shape index (κ1) is 17.2. The molecule has 122 valence electrons. The fraction of sp³-hybridized carbons (Fsp3) is 0.0588. The van der Waals surface area contributed by atoms with Crippen molar-refractivity contribution in [1.29, 1.82) is 5.26 Å². The number of nitrogens with one attached hydrogen (secondary N) is 2. The second kappa shape index (κ2) is 7.90. The molecule has 0 bridgehead atoms. The molecule has 0 saturated heterocycles. The number of phenolic OH excluding ortho intramolecular Hbond substituents is 1. The Labute approximate surface area is 143 Å². The first-order chi connectivity index (χ1) is 11.5. The summed E-state index contributed by atoms with van der Waals surface area (Å²) in [6.07, 6.45) is 1.22. The highest BCUT2D eigenvalue weighted by Gasteiger charge is 2.11. The van der Waals surface area contributed by atoms with Crippen molar-refractivity contribution in [2.24, 2.45) is 0 Å². The van der Waals surface area contributed by atoms with Crippen LogP contribution in [0.5, 0.6) is 11.5 Å². The van der Waals surface area contributed by atoms with Crippen molar-refractivity contribution >= 4 is 28.9 Å². The van der Waals surface area contributed by atoms with Crippen LogP contribution in [-0.2, 0) is 4.79 Å². The Balaban J connectivity index is 2.12. The molecule has 3 N–H and O–H groups in total. The number of benzene rings is 2. The molecule has 2 aromatic rings. The van der Waals surface area contributed by atoms with Gasteiger partial charge in [-0.05, 0) is 30.3 Å². The number of nitrogens with zero attached hydrogens (tertiary/aromatic N) is 1. The second-order valence-electron chi connectivity index (χ2n) is 4.63. The molecule has 0 aliphatic rings. The zero-order chi connectivity index (χ0) is 17.5. The number of halogens is 1. The van der Waals surface area contributed by atoms with E-state index in [9.17, 15) is 9.90 Å². The average molecular weight is 344 g/mol. The third-order valence-corrected chi connectivity index (χ3v) is 3.35. The summed E-state index contributed by atoms with van der Waals surface area (Å²) >= 11 is 5.99. The zero-order valence-electron chi connectivity index (χ0n) is 12.7. The van der Waals surface area contributed by atoms with E-state index in [1.165, 1.54) is 25.4 Å². The molecule has 0 fully saturated rings. The van der Waals surface area contributed by atoms with Crippen molar-refractivity contribution in [1.82, 2.24) is 0 Å². The number of carbonyl (C=O) groups is 1. The van der Waals surface area contributed by atoms with Crippen LogP contribution in [0.3, 0.4) is 0 Å². The minimum Gasteiger partial charge on any atom is -0.506 e. The van der Waals surface area contributed by atoms with Gasteiger partial charge in [0, 0.05) is 11.9 Å². The number of para-hydroxylation sites is 2. The van der Waals surface area contributed by atoms with Gasteiger partial charge in [0.2, 0.25) is 0 Å². The largest absolute Gasteiger partial charge is 0.506 e. The summed E-state index contributed by atoms with van der Waals surface area (Å²) in [6.45, 7) is 0. The standard InChI is InChI=1S/C17H14ClN3O3/c1-24-16-7-6-12(8-13(16)18)21-17(23)11(9-19)10-20-14-4-2-3-5-15(14)22/h2-8,10,20,22H,1H3,(H,21,23)/b11-10-. The Kier molecular flexibility index (Phi) is 5.66. The molecular weight excluding hydrogens is 330 g/mol. The molecule has 1 amide bonds. The van der Waals surface area contributed by atoms with E-state index in [-0.39, 0.29) is 11.3 Å². The fourth-order valence-electron chi connectivity index (χ4n) is 1.84. The summed E-state index contributed by atoms with van der Waals surface area (Å²) in [5.41, 5.74) is 0.644. The SMILES string of the molecule is COc1ccc(NC(=O)/C(C#N)=C\Nc2ccccc2O)cc1Cl. The molecule has 6 nitrogen and oxygen atoms in total. The number of phenols is 1. The normalized spacial score (nSPS) is 10.6. The van der Waals surface area contributed by atoms with Crippen LogP contribution in [0.15, 0.2) is 54.2 Å². The predicted molar refractivity (Wildman–Crippen MR) is 92.1 cm³/mol. The number of aromatic hydroxyl groups is 1. The maximum atomic E-state index is 12.1. The van der Waals surface area contributed by atoms with Crippen LogP contribution >= 0.6 is 11.6 Å². The third-order valence-electron chi connectivity index (χ3n) is 3.05. The third kappa shape index (κ3) is 4.18. The van der Waals surface area contributed by atoms with Crippen LogP contribution < -0.4 is 15.4 Å². The number of nitriles is 1. The lowest BCUT2D eigenvalue weighted by molar-refractivity contribution is -0.112. The first-order valence-electron chi connectivity index (χ1n) is 6.85. The van der Waals surface area contributed by atoms with E-state index in [2.05, 4.69) is 10.6 Å². The number of anilines is 2. The summed E-state index contributed by atoms with van der Waals surface area (Å²) in [5.74, 6) is -0.123. The first-order valence-corrected chi connectivity index (χ1v) is 7.22. The molecule has 7 heteroatoms. The van der Waals surface area contributed by atoms with Crippen LogP contribution in [0.1, 0.15) is 0 Å². The zero-order valence-corrected chi connectivity index (χ0v) is 13.5. The van der Waals surface area contributed by atoms with Crippen molar-refractivity contribution in [3.63, 3.8) is 0 Å². The fourth-order valence-corrected chi connectivity index (χ4v) is 2.09. The van der Waals surface area contributed by atoms with Gasteiger partial charge in [-0.3, -0.25) is 4.79 Å². The molecule has 0 aliphatic heterocycles. The quantitative estimate of drug-likeness (QED) is 0.438. The van der Waals surface area contributed by atoms with E-state index in [1.807, 2.05) is 0 Å². The highest BCUT2D eigenvalue weighted by atomic mass is 35.5. The maximum Gasteiger partial charge on any atom is 0.267 e. The summed E-state index contributed by atoms with van der Waals surface area (Å²) in [7, 11) is 1.49. The van der Waals surface area contributed by atoms with Crippen molar-refractivity contribution in [3.05, 3.63) is 59.3 Å². The average Bonchev–Trinajstić information content (AvgIpc) is 2.57. The predicted octanol–water partition coefficient (Wildman–Crippen LogP) is 3.51. The van der Waals surface area contributed by atoms with Gasteiger partial charge in [-0.15, -0.1) is 0 Å². The lowest BCUT2D eigenvalue weighted by Gasteiger charge is -2.08. The number of carbonyl (C=O) groups excluding carboxylic acids is 1. The molecule has 0 atom stereocenters. The number of amides is 1. The molecule has 0 spiro atoms. The van der Waals surface area contributed by atoms with Gasteiger partial charge in [-0.1, -0.05) is 23.7 Å². The monoisotopic (exact) mass is 343 g/mol. The van der Waals surface area contributed by atoms with E-state index >= 15 is 0 Å².